The van der Waals surface area contributed by atoms with Gasteiger partial charge in [-0.2, -0.15) is 0 Å². The predicted molar refractivity (Wildman–Crippen MR) is 86.4 cm³/mol. The third-order valence-corrected chi connectivity index (χ3v) is 4.83. The lowest BCUT2D eigenvalue weighted by Gasteiger charge is -2.41. The van der Waals surface area contributed by atoms with E-state index >= 15 is 0 Å². The summed E-state index contributed by atoms with van der Waals surface area (Å²) in [6, 6.07) is 8.55. The molecule has 3 atom stereocenters. The summed E-state index contributed by atoms with van der Waals surface area (Å²) >= 11 is 0. The Kier molecular flexibility index (Phi) is 3.36. The average Bonchev–Trinajstić information content (AvgIpc) is 2.91. The van der Waals surface area contributed by atoms with E-state index in [0.717, 1.165) is 6.42 Å². The van der Waals surface area contributed by atoms with Gasteiger partial charge in [0.1, 0.15) is 0 Å². The number of carbonyl (C=O) groups excluding carboxylic acids is 1. The first-order chi connectivity index (χ1) is 9.80. The summed E-state index contributed by atoms with van der Waals surface area (Å²) < 4.78 is 0. The fourth-order valence-electron chi connectivity index (χ4n) is 3.97. The Bertz CT molecular complexity index is 559. The topological polar surface area (TPSA) is 32.3 Å². The quantitative estimate of drug-likeness (QED) is 0.901. The van der Waals surface area contributed by atoms with Crippen molar-refractivity contribution < 1.29 is 4.79 Å². The van der Waals surface area contributed by atoms with Crippen molar-refractivity contribution in [1.29, 1.82) is 0 Å². The molecule has 3 nitrogen and oxygen atoms in total. The minimum atomic E-state index is -0.0241. The van der Waals surface area contributed by atoms with Crippen molar-refractivity contribution >= 4 is 11.5 Å². The van der Waals surface area contributed by atoms with Crippen molar-refractivity contribution in [3.05, 3.63) is 29.8 Å². The van der Waals surface area contributed by atoms with Gasteiger partial charge in [-0.15, -0.1) is 0 Å². The lowest BCUT2D eigenvalue weighted by Crippen LogP contribution is -2.54. The molecule has 2 aliphatic rings. The summed E-state index contributed by atoms with van der Waals surface area (Å²) in [5, 5.41) is 3.65. The van der Waals surface area contributed by atoms with E-state index < -0.39 is 0 Å². The molecule has 2 heterocycles. The number of carbonyl (C=O) groups is 1. The largest absolute Gasteiger partial charge is 0.369 e. The monoisotopic (exact) mass is 286 g/mol. The van der Waals surface area contributed by atoms with E-state index in [9.17, 15) is 4.79 Å². The number of Topliss-reactive ketones (excluding diaryl/α,β-unsaturated/α-hetero) is 1. The molecule has 3 heteroatoms. The van der Waals surface area contributed by atoms with Crippen LogP contribution in [0.15, 0.2) is 24.3 Å². The minimum Gasteiger partial charge on any atom is -0.369 e. The molecule has 0 radical (unpaired) electrons. The summed E-state index contributed by atoms with van der Waals surface area (Å²) in [5.41, 5.74) is 2.58. The third-order valence-electron chi connectivity index (χ3n) is 4.83. The molecule has 1 N–H and O–H groups in total. The molecule has 0 spiro atoms. The molecule has 21 heavy (non-hydrogen) atoms. The van der Waals surface area contributed by atoms with Crippen LogP contribution in [0.3, 0.4) is 0 Å². The third kappa shape index (κ3) is 2.28. The number of benzene rings is 1. The van der Waals surface area contributed by atoms with Gasteiger partial charge in [-0.05, 0) is 38.8 Å². The molecule has 1 aromatic rings. The van der Waals surface area contributed by atoms with Gasteiger partial charge in [-0.1, -0.05) is 32.0 Å². The van der Waals surface area contributed by atoms with E-state index in [2.05, 4.69) is 55.3 Å². The van der Waals surface area contributed by atoms with Crippen LogP contribution in [0.25, 0.3) is 0 Å². The van der Waals surface area contributed by atoms with Crippen LogP contribution in [-0.2, 0) is 4.79 Å². The van der Waals surface area contributed by atoms with E-state index in [1.165, 1.54) is 11.3 Å². The van der Waals surface area contributed by atoms with Gasteiger partial charge >= 0.3 is 0 Å². The van der Waals surface area contributed by atoms with Crippen LogP contribution in [0.2, 0.25) is 0 Å². The Labute approximate surface area is 127 Å². The Morgan fingerprint density at radius 3 is 2.57 bits per heavy atom. The summed E-state index contributed by atoms with van der Waals surface area (Å²) in [6.07, 6.45) is 1.18. The molecular weight excluding hydrogens is 260 g/mol. The zero-order chi connectivity index (χ0) is 15.4. The molecule has 1 saturated heterocycles. The van der Waals surface area contributed by atoms with Crippen LogP contribution < -0.4 is 5.32 Å². The molecule has 3 unspecified atom stereocenters. The Hall–Kier alpha value is -1.35. The summed E-state index contributed by atoms with van der Waals surface area (Å²) in [4.78, 5) is 15.1. The van der Waals surface area contributed by atoms with Crippen molar-refractivity contribution in [2.75, 3.05) is 5.32 Å². The van der Waals surface area contributed by atoms with Gasteiger partial charge < -0.3 is 5.32 Å². The number of ketones is 1. The number of fused-ring (bicyclic) bond motifs is 3. The fourth-order valence-corrected chi connectivity index (χ4v) is 3.97. The molecule has 2 aliphatic heterocycles. The van der Waals surface area contributed by atoms with Crippen LogP contribution >= 0.6 is 0 Å². The SMILES string of the molecule is CC(C)C(=O)C1CC2c3ccccc3NC2N1C(C)(C)C. The van der Waals surface area contributed by atoms with Gasteiger partial charge in [-0.25, -0.2) is 0 Å². The molecule has 0 saturated carbocycles. The first-order valence-corrected chi connectivity index (χ1v) is 7.98. The standard InChI is InChI=1S/C18H26N2O/c1-11(2)16(21)15-10-13-12-8-6-7-9-14(12)19-17(13)20(15)18(3,4)5/h6-9,11,13,15,17,19H,10H2,1-5H3. The number of nitrogens with zero attached hydrogens (tertiary/aromatic N) is 1. The number of para-hydroxylation sites is 1. The Morgan fingerprint density at radius 1 is 1.29 bits per heavy atom. The molecule has 0 aromatic heterocycles. The maximum Gasteiger partial charge on any atom is 0.152 e. The molecular formula is C18H26N2O. The van der Waals surface area contributed by atoms with Crippen LogP contribution in [0.4, 0.5) is 5.69 Å². The Balaban J connectivity index is 1.98. The maximum atomic E-state index is 12.7. The first kappa shape index (κ1) is 14.6. The summed E-state index contributed by atoms with van der Waals surface area (Å²) in [7, 11) is 0. The zero-order valence-corrected chi connectivity index (χ0v) is 13.7. The summed E-state index contributed by atoms with van der Waals surface area (Å²) in [5.74, 6) is 0.889. The van der Waals surface area contributed by atoms with Crippen LogP contribution in [0.5, 0.6) is 0 Å². The van der Waals surface area contributed by atoms with Gasteiger partial charge in [0.25, 0.3) is 0 Å². The summed E-state index contributed by atoms with van der Waals surface area (Å²) in [6.45, 7) is 10.7. The molecule has 3 rings (SSSR count). The van der Waals surface area contributed by atoms with Gasteiger partial charge in [0.15, 0.2) is 5.78 Å². The molecule has 1 aromatic carbocycles. The highest BCUT2D eigenvalue weighted by Gasteiger charge is 2.52. The maximum absolute atomic E-state index is 12.7. The van der Waals surface area contributed by atoms with E-state index in [0.29, 0.717) is 11.7 Å². The highest BCUT2D eigenvalue weighted by atomic mass is 16.1. The second-order valence-corrected chi connectivity index (χ2v) is 7.67. The average molecular weight is 286 g/mol. The van der Waals surface area contributed by atoms with Crippen molar-refractivity contribution in [2.24, 2.45) is 5.92 Å². The normalized spacial score (nSPS) is 28.4. The number of anilines is 1. The fraction of sp³-hybridized carbons (Fsp3) is 0.611. The van der Waals surface area contributed by atoms with Crippen molar-refractivity contribution in [3.63, 3.8) is 0 Å². The number of rotatable bonds is 2. The molecule has 1 fully saturated rings. The van der Waals surface area contributed by atoms with Gasteiger partial charge in [0.05, 0.1) is 12.2 Å². The smallest absolute Gasteiger partial charge is 0.152 e. The van der Waals surface area contributed by atoms with E-state index in [1.807, 2.05) is 13.8 Å². The van der Waals surface area contributed by atoms with Crippen molar-refractivity contribution in [1.82, 2.24) is 4.90 Å². The van der Waals surface area contributed by atoms with Gasteiger partial charge in [-0.3, -0.25) is 9.69 Å². The number of hydrogen-bond acceptors (Lipinski definition) is 3. The molecule has 0 aliphatic carbocycles. The zero-order valence-electron chi connectivity index (χ0n) is 13.7. The van der Waals surface area contributed by atoms with Crippen LogP contribution in [0, 0.1) is 5.92 Å². The lowest BCUT2D eigenvalue weighted by atomic mass is 9.92. The van der Waals surface area contributed by atoms with Crippen LogP contribution in [0.1, 0.15) is 52.5 Å². The second kappa shape index (κ2) is 4.84. The van der Waals surface area contributed by atoms with E-state index in [1.54, 1.807) is 0 Å². The van der Waals surface area contributed by atoms with E-state index in [-0.39, 0.29) is 23.7 Å². The molecule has 0 amide bonds. The van der Waals surface area contributed by atoms with Crippen molar-refractivity contribution in [3.8, 4) is 0 Å². The first-order valence-electron chi connectivity index (χ1n) is 7.98. The lowest BCUT2D eigenvalue weighted by molar-refractivity contribution is -0.128. The Morgan fingerprint density at radius 2 is 1.95 bits per heavy atom. The highest BCUT2D eigenvalue weighted by Crippen LogP contribution is 2.48. The number of likely N-dealkylation sites (tertiary alicyclic amines) is 1. The predicted octanol–water partition coefficient (Wildman–Crippen LogP) is 3.62. The van der Waals surface area contributed by atoms with E-state index in [4.69, 9.17) is 0 Å². The van der Waals surface area contributed by atoms with Crippen molar-refractivity contribution in [2.45, 2.75) is 64.7 Å². The molecule has 114 valence electrons. The number of hydrogen-bond donors (Lipinski definition) is 1. The highest BCUT2D eigenvalue weighted by molar-refractivity contribution is 5.87. The van der Waals surface area contributed by atoms with Gasteiger partial charge in [0, 0.05) is 23.1 Å². The molecule has 0 bridgehead atoms. The number of nitrogens with one attached hydrogen (secondary N) is 1. The second-order valence-electron chi connectivity index (χ2n) is 7.67. The van der Waals surface area contributed by atoms with Gasteiger partial charge in [0.2, 0.25) is 0 Å². The van der Waals surface area contributed by atoms with Crippen LogP contribution in [-0.4, -0.2) is 28.4 Å². The minimum absolute atomic E-state index is 0.0241.